The molecule has 0 bridgehead atoms. The van der Waals surface area contributed by atoms with Crippen molar-refractivity contribution in [3.63, 3.8) is 0 Å². The van der Waals surface area contributed by atoms with Crippen LogP contribution in [-0.2, 0) is 0 Å². The molecule has 7 rings (SSSR count). The summed E-state index contributed by atoms with van der Waals surface area (Å²) in [5, 5.41) is 5.07. The molecule has 2 nitrogen and oxygen atoms in total. The van der Waals surface area contributed by atoms with Crippen LogP contribution < -0.4 is 0 Å². The highest BCUT2D eigenvalue weighted by molar-refractivity contribution is 9.10. The maximum absolute atomic E-state index is 3.76. The first-order valence-electron chi connectivity index (χ1n) is 11.1. The van der Waals surface area contributed by atoms with Gasteiger partial charge >= 0.3 is 0 Å². The van der Waals surface area contributed by atoms with Gasteiger partial charge in [-0.15, -0.1) is 0 Å². The third kappa shape index (κ3) is 2.66. The van der Waals surface area contributed by atoms with E-state index in [4.69, 9.17) is 0 Å². The second kappa shape index (κ2) is 7.09. The number of benzene rings is 5. The summed E-state index contributed by atoms with van der Waals surface area (Å²) < 4.78 is 5.82. The number of para-hydroxylation sites is 4. The molecule has 33 heavy (non-hydrogen) atoms. The molecule has 0 amide bonds. The number of nitrogens with zero attached hydrogens (tertiary/aromatic N) is 2. The van der Waals surface area contributed by atoms with Crippen LogP contribution in [0.3, 0.4) is 0 Å². The van der Waals surface area contributed by atoms with Crippen LogP contribution >= 0.6 is 15.9 Å². The van der Waals surface area contributed by atoms with Crippen molar-refractivity contribution in [3.8, 4) is 11.4 Å². The molecule has 0 saturated heterocycles. The van der Waals surface area contributed by atoms with E-state index in [1.54, 1.807) is 0 Å². The summed E-state index contributed by atoms with van der Waals surface area (Å²) in [4.78, 5) is 0. The molecule has 7 aromatic rings. The van der Waals surface area contributed by atoms with E-state index in [0.29, 0.717) is 0 Å². The van der Waals surface area contributed by atoms with Gasteiger partial charge in [-0.2, -0.15) is 0 Å². The van der Waals surface area contributed by atoms with Crippen molar-refractivity contribution < 1.29 is 0 Å². The van der Waals surface area contributed by atoms with E-state index in [0.717, 1.165) is 10.2 Å². The maximum Gasteiger partial charge on any atom is 0.0604 e. The molecule has 0 atom stereocenters. The van der Waals surface area contributed by atoms with Gasteiger partial charge in [0.1, 0.15) is 0 Å². The van der Waals surface area contributed by atoms with E-state index in [1.807, 2.05) is 0 Å². The lowest BCUT2D eigenvalue weighted by atomic mass is 10.1. The molecule has 5 aromatic carbocycles. The number of halogens is 1. The summed E-state index contributed by atoms with van der Waals surface area (Å²) in [7, 11) is 0. The fourth-order valence-electron chi connectivity index (χ4n) is 5.19. The van der Waals surface area contributed by atoms with E-state index >= 15 is 0 Å². The molecule has 0 unspecified atom stereocenters. The number of aromatic nitrogens is 2. The SMILES string of the molecule is Brc1ccccc1-n1c2ccccc2c2cc(-n3c4ccccc4c4ccccc43)ccc21. The third-order valence-electron chi connectivity index (χ3n) is 6.59. The summed E-state index contributed by atoms with van der Waals surface area (Å²) in [5.74, 6) is 0. The molecule has 0 aliphatic heterocycles. The van der Waals surface area contributed by atoms with Gasteiger partial charge in [0.2, 0.25) is 0 Å². The molecule has 3 heteroatoms. The fraction of sp³-hybridized carbons (Fsp3) is 0. The molecule has 2 aromatic heterocycles. The largest absolute Gasteiger partial charge is 0.309 e. The molecule has 0 aliphatic rings. The Kier molecular flexibility index (Phi) is 4.02. The minimum absolute atomic E-state index is 1.08. The van der Waals surface area contributed by atoms with E-state index < -0.39 is 0 Å². The Labute approximate surface area is 199 Å². The summed E-state index contributed by atoms with van der Waals surface area (Å²) >= 11 is 3.76. The summed E-state index contributed by atoms with van der Waals surface area (Å²) in [6.07, 6.45) is 0. The highest BCUT2D eigenvalue weighted by atomic mass is 79.9. The van der Waals surface area contributed by atoms with Gasteiger partial charge in [-0.25, -0.2) is 0 Å². The van der Waals surface area contributed by atoms with Gasteiger partial charge in [0.25, 0.3) is 0 Å². The van der Waals surface area contributed by atoms with Crippen LogP contribution in [0.25, 0.3) is 55.0 Å². The van der Waals surface area contributed by atoms with E-state index in [9.17, 15) is 0 Å². The van der Waals surface area contributed by atoms with Crippen LogP contribution in [0, 0.1) is 0 Å². The maximum atomic E-state index is 3.76. The lowest BCUT2D eigenvalue weighted by Gasteiger charge is -2.11. The van der Waals surface area contributed by atoms with Crippen LogP contribution in [0.1, 0.15) is 0 Å². The fourth-order valence-corrected chi connectivity index (χ4v) is 5.66. The zero-order chi connectivity index (χ0) is 21.9. The van der Waals surface area contributed by atoms with Crippen molar-refractivity contribution in [2.45, 2.75) is 0 Å². The average Bonchev–Trinajstić information content (AvgIpc) is 3.37. The van der Waals surface area contributed by atoms with Crippen molar-refractivity contribution in [3.05, 3.63) is 120 Å². The molecule has 0 saturated carbocycles. The molecule has 0 aliphatic carbocycles. The monoisotopic (exact) mass is 486 g/mol. The van der Waals surface area contributed by atoms with Crippen LogP contribution in [0.2, 0.25) is 0 Å². The van der Waals surface area contributed by atoms with Gasteiger partial charge in [0.05, 0.1) is 27.8 Å². The van der Waals surface area contributed by atoms with Crippen LogP contribution in [-0.4, -0.2) is 9.13 Å². The topological polar surface area (TPSA) is 9.86 Å². The minimum Gasteiger partial charge on any atom is -0.309 e. The van der Waals surface area contributed by atoms with Crippen LogP contribution in [0.15, 0.2) is 120 Å². The Morgan fingerprint density at radius 1 is 0.424 bits per heavy atom. The highest BCUT2D eigenvalue weighted by Gasteiger charge is 2.16. The Balaban J connectivity index is 1.59. The third-order valence-corrected chi connectivity index (χ3v) is 7.26. The predicted octanol–water partition coefficient (Wildman–Crippen LogP) is 8.64. The lowest BCUT2D eigenvalue weighted by molar-refractivity contribution is 1.16. The second-order valence-electron chi connectivity index (χ2n) is 8.38. The van der Waals surface area contributed by atoms with E-state index in [2.05, 4.69) is 140 Å². The lowest BCUT2D eigenvalue weighted by Crippen LogP contribution is -1.96. The average molecular weight is 487 g/mol. The molecule has 0 N–H and O–H groups in total. The minimum atomic E-state index is 1.08. The van der Waals surface area contributed by atoms with Crippen LogP contribution in [0.5, 0.6) is 0 Å². The Hall–Kier alpha value is -3.82. The molecule has 156 valence electrons. The molecule has 0 spiro atoms. The summed E-state index contributed by atoms with van der Waals surface area (Å²) in [6.45, 7) is 0. The molecule has 2 heterocycles. The zero-order valence-corrected chi connectivity index (χ0v) is 19.3. The van der Waals surface area contributed by atoms with Gasteiger partial charge in [-0.1, -0.05) is 66.7 Å². The second-order valence-corrected chi connectivity index (χ2v) is 9.23. The normalized spacial score (nSPS) is 11.8. The smallest absolute Gasteiger partial charge is 0.0604 e. The first-order chi connectivity index (χ1) is 16.3. The van der Waals surface area contributed by atoms with Gasteiger partial charge in [-0.05, 0) is 64.5 Å². The van der Waals surface area contributed by atoms with Crippen molar-refractivity contribution in [1.29, 1.82) is 0 Å². The van der Waals surface area contributed by atoms with Crippen molar-refractivity contribution in [2.75, 3.05) is 0 Å². The standard InChI is InChI=1S/C30H19BrN2/c31-25-12-4-8-16-30(25)33-28-15-7-3-11-23(28)24-19-20(17-18-29(24)33)32-26-13-5-1-9-21(26)22-10-2-6-14-27(22)32/h1-19H. The molecular weight excluding hydrogens is 468 g/mol. The quantitative estimate of drug-likeness (QED) is 0.231. The molecule has 0 fully saturated rings. The van der Waals surface area contributed by atoms with Crippen LogP contribution in [0.4, 0.5) is 0 Å². The van der Waals surface area contributed by atoms with Gasteiger partial charge in [0.15, 0.2) is 0 Å². The van der Waals surface area contributed by atoms with E-state index in [1.165, 1.54) is 49.3 Å². The molecule has 0 radical (unpaired) electrons. The highest BCUT2D eigenvalue weighted by Crippen LogP contribution is 2.37. The van der Waals surface area contributed by atoms with Crippen molar-refractivity contribution >= 4 is 59.5 Å². The number of rotatable bonds is 2. The predicted molar refractivity (Wildman–Crippen MR) is 143 cm³/mol. The Morgan fingerprint density at radius 2 is 0.909 bits per heavy atom. The molecular formula is C30H19BrN2. The Morgan fingerprint density at radius 3 is 1.55 bits per heavy atom. The number of hydrogen-bond acceptors (Lipinski definition) is 0. The zero-order valence-electron chi connectivity index (χ0n) is 17.7. The Bertz CT molecular complexity index is 1780. The number of fused-ring (bicyclic) bond motifs is 6. The first-order valence-corrected chi connectivity index (χ1v) is 11.9. The number of hydrogen-bond donors (Lipinski definition) is 0. The van der Waals surface area contributed by atoms with Crippen molar-refractivity contribution in [1.82, 2.24) is 9.13 Å². The summed E-state index contributed by atoms with van der Waals surface area (Å²) in [5.41, 5.74) is 7.19. The van der Waals surface area contributed by atoms with E-state index in [-0.39, 0.29) is 0 Å². The van der Waals surface area contributed by atoms with Crippen molar-refractivity contribution in [2.24, 2.45) is 0 Å². The van der Waals surface area contributed by atoms with Gasteiger partial charge in [-0.3, -0.25) is 0 Å². The summed E-state index contributed by atoms with van der Waals surface area (Å²) in [6, 6.07) is 41.2. The van der Waals surface area contributed by atoms with Gasteiger partial charge in [0, 0.05) is 31.7 Å². The van der Waals surface area contributed by atoms with Gasteiger partial charge < -0.3 is 9.13 Å². The first kappa shape index (κ1) is 18.7.